The number of ether oxygens (including phenoxy) is 1. The van der Waals surface area contributed by atoms with Gasteiger partial charge >= 0.3 is 5.97 Å². The van der Waals surface area contributed by atoms with Crippen molar-refractivity contribution in [2.45, 2.75) is 32.7 Å². The molecule has 0 amide bonds. The Morgan fingerprint density at radius 2 is 1.90 bits per heavy atom. The van der Waals surface area contributed by atoms with E-state index in [9.17, 15) is 4.79 Å². The molecule has 0 bridgehead atoms. The van der Waals surface area contributed by atoms with Crippen molar-refractivity contribution in [2.75, 3.05) is 7.11 Å². The van der Waals surface area contributed by atoms with Crippen molar-refractivity contribution >= 4 is 5.97 Å². The molecule has 0 aliphatic carbocycles. The van der Waals surface area contributed by atoms with Gasteiger partial charge in [0.25, 0.3) is 0 Å². The van der Waals surface area contributed by atoms with Crippen LogP contribution in [0.25, 0.3) is 11.4 Å². The van der Waals surface area contributed by atoms with E-state index in [-0.39, 0.29) is 17.9 Å². The van der Waals surface area contributed by atoms with Gasteiger partial charge in [0.1, 0.15) is 6.54 Å². The van der Waals surface area contributed by atoms with E-state index in [0.29, 0.717) is 5.82 Å². The lowest BCUT2D eigenvalue weighted by atomic mass is 9.87. The molecule has 1 aromatic heterocycles. The molecule has 1 aromatic carbocycles. The Morgan fingerprint density at radius 1 is 1.25 bits per heavy atom. The second-order valence-corrected chi connectivity index (χ2v) is 5.56. The van der Waals surface area contributed by atoms with Gasteiger partial charge in [-0.2, -0.15) is 0 Å². The highest BCUT2D eigenvalue weighted by molar-refractivity contribution is 5.70. The van der Waals surface area contributed by atoms with E-state index in [1.54, 1.807) is 0 Å². The lowest BCUT2D eigenvalue weighted by molar-refractivity contribution is -0.141. The van der Waals surface area contributed by atoms with Crippen LogP contribution in [0.15, 0.2) is 24.3 Å². The molecule has 0 saturated carbocycles. The third kappa shape index (κ3) is 3.01. The summed E-state index contributed by atoms with van der Waals surface area (Å²) in [6, 6.07) is 8.01. The monoisotopic (exact) mass is 274 g/mol. The number of hydrogen-bond donors (Lipinski definition) is 0. The predicted molar refractivity (Wildman–Crippen MR) is 74.0 cm³/mol. The maximum absolute atomic E-state index is 11.3. The maximum Gasteiger partial charge on any atom is 0.327 e. The molecular weight excluding hydrogens is 256 g/mol. The van der Waals surface area contributed by atoms with E-state index in [4.69, 9.17) is 0 Å². The van der Waals surface area contributed by atoms with Crippen LogP contribution in [-0.2, 0) is 21.5 Å². The third-order valence-corrected chi connectivity index (χ3v) is 3.05. The minimum Gasteiger partial charge on any atom is -0.468 e. The van der Waals surface area contributed by atoms with E-state index in [1.807, 2.05) is 24.3 Å². The van der Waals surface area contributed by atoms with Crippen molar-refractivity contribution in [2.24, 2.45) is 0 Å². The quantitative estimate of drug-likeness (QED) is 0.798. The molecule has 2 rings (SSSR count). The van der Waals surface area contributed by atoms with Crippen LogP contribution < -0.4 is 0 Å². The normalized spacial score (nSPS) is 11.4. The highest BCUT2D eigenvalue weighted by Gasteiger charge is 2.16. The number of methoxy groups -OCH3 is 1. The van der Waals surface area contributed by atoms with Gasteiger partial charge in [-0.1, -0.05) is 45.0 Å². The van der Waals surface area contributed by atoms with Crippen molar-refractivity contribution in [1.82, 2.24) is 20.2 Å². The van der Waals surface area contributed by atoms with Gasteiger partial charge in [-0.25, -0.2) is 4.68 Å². The third-order valence-electron chi connectivity index (χ3n) is 3.05. The van der Waals surface area contributed by atoms with Gasteiger partial charge in [0.15, 0.2) is 5.82 Å². The molecular formula is C14H18N4O2. The van der Waals surface area contributed by atoms with Gasteiger partial charge in [0.2, 0.25) is 0 Å². The van der Waals surface area contributed by atoms with Crippen molar-refractivity contribution in [3.8, 4) is 11.4 Å². The van der Waals surface area contributed by atoms with Gasteiger partial charge in [-0.05, 0) is 21.4 Å². The Labute approximate surface area is 117 Å². The SMILES string of the molecule is COC(=O)Cn1nnnc1-c1ccc(C(C)(C)C)cc1. The van der Waals surface area contributed by atoms with Crippen LogP contribution in [0.5, 0.6) is 0 Å². The topological polar surface area (TPSA) is 69.9 Å². The number of tetrazole rings is 1. The first-order valence-corrected chi connectivity index (χ1v) is 6.35. The van der Waals surface area contributed by atoms with E-state index < -0.39 is 0 Å². The summed E-state index contributed by atoms with van der Waals surface area (Å²) >= 11 is 0. The lowest BCUT2D eigenvalue weighted by Crippen LogP contribution is -2.14. The number of rotatable bonds is 3. The fourth-order valence-electron chi connectivity index (χ4n) is 1.82. The second kappa shape index (κ2) is 5.40. The summed E-state index contributed by atoms with van der Waals surface area (Å²) < 4.78 is 6.05. The first-order valence-electron chi connectivity index (χ1n) is 6.35. The number of nitrogens with zero attached hydrogens (tertiary/aromatic N) is 4. The highest BCUT2D eigenvalue weighted by Crippen LogP contribution is 2.24. The van der Waals surface area contributed by atoms with Gasteiger partial charge in [0, 0.05) is 5.56 Å². The van der Waals surface area contributed by atoms with Crippen LogP contribution in [0.4, 0.5) is 0 Å². The van der Waals surface area contributed by atoms with Gasteiger partial charge < -0.3 is 4.74 Å². The number of hydrogen-bond acceptors (Lipinski definition) is 5. The number of aromatic nitrogens is 4. The zero-order valence-corrected chi connectivity index (χ0v) is 12.1. The zero-order chi connectivity index (χ0) is 14.8. The average molecular weight is 274 g/mol. The molecule has 1 heterocycles. The number of benzene rings is 1. The van der Waals surface area contributed by atoms with Crippen molar-refractivity contribution in [3.63, 3.8) is 0 Å². The van der Waals surface area contributed by atoms with Gasteiger partial charge in [-0.15, -0.1) is 5.10 Å². The molecule has 2 aromatic rings. The summed E-state index contributed by atoms with van der Waals surface area (Å²) in [5.41, 5.74) is 2.19. The zero-order valence-electron chi connectivity index (χ0n) is 12.1. The Balaban J connectivity index is 2.29. The average Bonchev–Trinajstić information content (AvgIpc) is 2.86. The minimum absolute atomic E-state index is 0.000143. The first kappa shape index (κ1) is 14.2. The fraction of sp³-hybridized carbons (Fsp3) is 0.429. The molecule has 0 atom stereocenters. The molecule has 0 unspecified atom stereocenters. The predicted octanol–water partition coefficient (Wildman–Crippen LogP) is 1.81. The molecule has 0 radical (unpaired) electrons. The molecule has 20 heavy (non-hydrogen) atoms. The largest absolute Gasteiger partial charge is 0.468 e. The van der Waals surface area contributed by atoms with Crippen molar-refractivity contribution in [1.29, 1.82) is 0 Å². The maximum atomic E-state index is 11.3. The Morgan fingerprint density at radius 3 is 2.45 bits per heavy atom. The Kier molecular flexibility index (Phi) is 3.83. The lowest BCUT2D eigenvalue weighted by Gasteiger charge is -2.18. The van der Waals surface area contributed by atoms with Crippen LogP contribution in [0.1, 0.15) is 26.3 Å². The van der Waals surface area contributed by atoms with Gasteiger partial charge in [0.05, 0.1) is 7.11 Å². The molecule has 0 N–H and O–H groups in total. The van der Waals surface area contributed by atoms with Crippen LogP contribution in [0.2, 0.25) is 0 Å². The van der Waals surface area contributed by atoms with Crippen LogP contribution in [0.3, 0.4) is 0 Å². The molecule has 0 fully saturated rings. The molecule has 0 aliphatic rings. The molecule has 0 aliphatic heterocycles. The molecule has 0 spiro atoms. The van der Waals surface area contributed by atoms with E-state index in [2.05, 4.69) is 41.0 Å². The van der Waals surface area contributed by atoms with Crippen LogP contribution >= 0.6 is 0 Å². The first-order chi connectivity index (χ1) is 9.41. The Bertz CT molecular complexity index is 596. The van der Waals surface area contributed by atoms with E-state index >= 15 is 0 Å². The van der Waals surface area contributed by atoms with Crippen molar-refractivity contribution < 1.29 is 9.53 Å². The molecule has 0 saturated heterocycles. The standard InChI is InChI=1S/C14H18N4O2/c1-14(2,3)11-7-5-10(6-8-11)13-15-16-17-18(13)9-12(19)20-4/h5-8H,9H2,1-4H3. The highest BCUT2D eigenvalue weighted by atomic mass is 16.5. The summed E-state index contributed by atoms with van der Waals surface area (Å²) in [4.78, 5) is 11.3. The fourth-order valence-corrected chi connectivity index (χ4v) is 1.82. The van der Waals surface area contributed by atoms with Crippen LogP contribution in [0, 0.1) is 0 Å². The van der Waals surface area contributed by atoms with Crippen LogP contribution in [-0.4, -0.2) is 33.3 Å². The van der Waals surface area contributed by atoms with Crippen molar-refractivity contribution in [3.05, 3.63) is 29.8 Å². The summed E-state index contributed by atoms with van der Waals surface area (Å²) in [5.74, 6) is 0.167. The number of esters is 1. The summed E-state index contributed by atoms with van der Waals surface area (Å²) in [6.07, 6.45) is 0. The summed E-state index contributed by atoms with van der Waals surface area (Å²) in [7, 11) is 1.34. The van der Waals surface area contributed by atoms with E-state index in [0.717, 1.165) is 5.56 Å². The summed E-state index contributed by atoms with van der Waals surface area (Å²) in [5, 5.41) is 11.4. The minimum atomic E-state index is -0.384. The second-order valence-electron chi connectivity index (χ2n) is 5.56. The Hall–Kier alpha value is -2.24. The molecule has 6 nitrogen and oxygen atoms in total. The number of carbonyl (C=O) groups excluding carboxylic acids is 1. The van der Waals surface area contributed by atoms with E-state index in [1.165, 1.54) is 17.4 Å². The number of carbonyl (C=O) groups is 1. The summed E-state index contributed by atoms with van der Waals surface area (Å²) in [6.45, 7) is 6.47. The van der Waals surface area contributed by atoms with Gasteiger partial charge in [-0.3, -0.25) is 4.79 Å². The molecule has 106 valence electrons. The smallest absolute Gasteiger partial charge is 0.327 e. The molecule has 6 heteroatoms.